The Labute approximate surface area is 67.6 Å². The molecule has 10 heavy (non-hydrogen) atoms. The smallest absolute Gasteiger partial charge is 0.0290 e. The summed E-state index contributed by atoms with van der Waals surface area (Å²) in [7, 11) is 0. The van der Waals surface area contributed by atoms with Gasteiger partial charge >= 0.3 is 0 Å². The van der Waals surface area contributed by atoms with Gasteiger partial charge in [0.2, 0.25) is 0 Å². The maximum atomic E-state index is 3.48. The van der Waals surface area contributed by atoms with Crippen molar-refractivity contribution in [3.8, 4) is 0 Å². The Bertz CT molecular complexity index is 145. The quantitative estimate of drug-likeness (QED) is 0.528. The molecule has 0 aromatic heterocycles. The van der Waals surface area contributed by atoms with E-state index < -0.39 is 0 Å². The second-order valence-corrected chi connectivity index (χ2v) is 2.71. The van der Waals surface area contributed by atoms with Crippen molar-refractivity contribution in [3.63, 3.8) is 0 Å². The maximum absolute atomic E-state index is 3.48. The highest BCUT2D eigenvalue weighted by Gasteiger charge is 2.15. The van der Waals surface area contributed by atoms with Crippen molar-refractivity contribution in [2.24, 2.45) is 0 Å². The fourth-order valence-corrected chi connectivity index (χ4v) is 1.46. The van der Waals surface area contributed by atoms with Crippen LogP contribution in [0.5, 0.6) is 0 Å². The number of rotatable bonds is 0. The minimum absolute atomic E-state index is 0. The van der Waals surface area contributed by atoms with E-state index in [0.29, 0.717) is 12.1 Å². The third kappa shape index (κ3) is 1.41. The van der Waals surface area contributed by atoms with Gasteiger partial charge in [-0.05, 0) is 12.8 Å². The molecule has 2 heteroatoms. The van der Waals surface area contributed by atoms with Crippen LogP contribution in [0.4, 0.5) is 0 Å². The van der Waals surface area contributed by atoms with E-state index in [2.05, 4.69) is 29.6 Å². The molecule has 2 aliphatic rings. The molecule has 0 aromatic carbocycles. The van der Waals surface area contributed by atoms with Crippen LogP contribution >= 0.6 is 12.4 Å². The van der Waals surface area contributed by atoms with Crippen LogP contribution in [0.3, 0.4) is 0 Å². The maximum Gasteiger partial charge on any atom is 0.0290 e. The highest BCUT2D eigenvalue weighted by atomic mass is 35.5. The topological polar surface area (TPSA) is 12.0 Å². The molecule has 0 spiro atoms. The van der Waals surface area contributed by atoms with Crippen molar-refractivity contribution >= 4 is 12.4 Å². The molecule has 0 aliphatic carbocycles. The van der Waals surface area contributed by atoms with Crippen LogP contribution in [0.1, 0.15) is 12.8 Å². The monoisotopic (exact) mass is 157 g/mol. The summed E-state index contributed by atoms with van der Waals surface area (Å²) < 4.78 is 0. The zero-order chi connectivity index (χ0) is 6.10. The van der Waals surface area contributed by atoms with E-state index in [1.165, 1.54) is 12.8 Å². The van der Waals surface area contributed by atoms with Gasteiger partial charge in [-0.1, -0.05) is 24.3 Å². The number of hydrogen-bond acceptors (Lipinski definition) is 1. The van der Waals surface area contributed by atoms with Crippen LogP contribution in [0.15, 0.2) is 24.3 Å². The lowest BCUT2D eigenvalue weighted by atomic mass is 9.98. The van der Waals surface area contributed by atoms with E-state index in [0.717, 1.165) is 0 Å². The highest BCUT2D eigenvalue weighted by molar-refractivity contribution is 5.85. The summed E-state index contributed by atoms with van der Waals surface area (Å²) in [4.78, 5) is 0. The number of fused-ring (bicyclic) bond motifs is 2. The van der Waals surface area contributed by atoms with E-state index >= 15 is 0 Å². The van der Waals surface area contributed by atoms with Crippen molar-refractivity contribution in [3.05, 3.63) is 24.3 Å². The molecule has 0 fully saturated rings. The molecular weight excluding hydrogens is 146 g/mol. The van der Waals surface area contributed by atoms with Crippen LogP contribution in [-0.2, 0) is 0 Å². The summed E-state index contributed by atoms with van der Waals surface area (Å²) in [6.45, 7) is 0. The molecular formula is C8H12ClN. The summed E-state index contributed by atoms with van der Waals surface area (Å²) in [5.74, 6) is 0. The highest BCUT2D eigenvalue weighted by Crippen LogP contribution is 2.13. The van der Waals surface area contributed by atoms with Crippen molar-refractivity contribution in [1.82, 2.24) is 5.32 Å². The zero-order valence-corrected chi connectivity index (χ0v) is 6.60. The average Bonchev–Trinajstić information content (AvgIpc) is 1.88. The van der Waals surface area contributed by atoms with Crippen molar-refractivity contribution < 1.29 is 0 Å². The SMILES string of the molecule is C1=C[C@@H]2CC=C[C@H](C1)N2.Cl. The number of nitrogens with one attached hydrogen (secondary N) is 1. The Balaban J connectivity index is 0.000000500. The van der Waals surface area contributed by atoms with E-state index in [1.54, 1.807) is 0 Å². The lowest BCUT2D eigenvalue weighted by molar-refractivity contribution is 0.491. The van der Waals surface area contributed by atoms with Crippen LogP contribution in [0.25, 0.3) is 0 Å². The molecule has 2 heterocycles. The Morgan fingerprint density at radius 1 is 1.00 bits per heavy atom. The molecule has 0 saturated heterocycles. The van der Waals surface area contributed by atoms with Gasteiger partial charge in [-0.3, -0.25) is 0 Å². The number of halogens is 1. The first-order chi connectivity index (χ1) is 4.45. The molecule has 2 rings (SSSR count). The zero-order valence-electron chi connectivity index (χ0n) is 5.79. The molecule has 1 N–H and O–H groups in total. The standard InChI is InChI=1S/C8H11N.ClH/c1-3-7-5-2-6-8(4-1)9-7;/h1-3,6-9H,4-5H2;1H/t7-,8+;/m1./s1. The Morgan fingerprint density at radius 3 is 1.90 bits per heavy atom. The molecule has 0 saturated carbocycles. The number of hydrogen-bond donors (Lipinski definition) is 1. The lowest BCUT2D eigenvalue weighted by Crippen LogP contribution is -2.40. The summed E-state index contributed by atoms with van der Waals surface area (Å²) in [5, 5.41) is 3.48. The molecule has 0 radical (unpaired) electrons. The first kappa shape index (κ1) is 7.83. The Morgan fingerprint density at radius 2 is 1.50 bits per heavy atom. The van der Waals surface area contributed by atoms with Gasteiger partial charge in [0.15, 0.2) is 0 Å². The molecule has 2 bridgehead atoms. The van der Waals surface area contributed by atoms with Crippen LogP contribution in [0, 0.1) is 0 Å². The first-order valence-electron chi connectivity index (χ1n) is 3.54. The normalized spacial score (nSPS) is 35.2. The predicted molar refractivity (Wildman–Crippen MR) is 45.5 cm³/mol. The second kappa shape index (κ2) is 3.22. The third-order valence-corrected chi connectivity index (χ3v) is 1.94. The molecule has 0 aromatic rings. The minimum atomic E-state index is 0. The molecule has 0 unspecified atom stereocenters. The second-order valence-electron chi connectivity index (χ2n) is 2.71. The molecule has 0 amide bonds. The van der Waals surface area contributed by atoms with Gasteiger partial charge in [0.1, 0.15) is 0 Å². The van der Waals surface area contributed by atoms with E-state index in [9.17, 15) is 0 Å². The molecule has 56 valence electrons. The van der Waals surface area contributed by atoms with Gasteiger partial charge in [0, 0.05) is 12.1 Å². The van der Waals surface area contributed by atoms with Crippen molar-refractivity contribution in [1.29, 1.82) is 0 Å². The van der Waals surface area contributed by atoms with E-state index in [-0.39, 0.29) is 12.4 Å². The largest absolute Gasteiger partial charge is 0.304 e. The Hall–Kier alpha value is -0.270. The fraction of sp³-hybridized carbons (Fsp3) is 0.500. The van der Waals surface area contributed by atoms with Crippen molar-refractivity contribution in [2.75, 3.05) is 0 Å². The van der Waals surface area contributed by atoms with Gasteiger partial charge < -0.3 is 5.32 Å². The van der Waals surface area contributed by atoms with Crippen LogP contribution < -0.4 is 5.32 Å². The first-order valence-corrected chi connectivity index (χ1v) is 3.54. The summed E-state index contributed by atoms with van der Waals surface area (Å²) in [5.41, 5.74) is 0. The fourth-order valence-electron chi connectivity index (χ4n) is 1.46. The predicted octanol–water partition coefficient (Wildman–Crippen LogP) is 1.65. The lowest BCUT2D eigenvalue weighted by Gasteiger charge is -2.27. The van der Waals surface area contributed by atoms with Gasteiger partial charge in [0.05, 0.1) is 0 Å². The Kier molecular flexibility index (Phi) is 2.52. The summed E-state index contributed by atoms with van der Waals surface area (Å²) >= 11 is 0. The van der Waals surface area contributed by atoms with Crippen LogP contribution in [-0.4, -0.2) is 12.1 Å². The van der Waals surface area contributed by atoms with Gasteiger partial charge in [-0.15, -0.1) is 12.4 Å². The van der Waals surface area contributed by atoms with Crippen LogP contribution in [0.2, 0.25) is 0 Å². The summed E-state index contributed by atoms with van der Waals surface area (Å²) in [6, 6.07) is 1.27. The van der Waals surface area contributed by atoms with Gasteiger partial charge in [-0.25, -0.2) is 0 Å². The molecule has 1 nitrogen and oxygen atoms in total. The third-order valence-electron chi connectivity index (χ3n) is 1.94. The minimum Gasteiger partial charge on any atom is -0.304 e. The summed E-state index contributed by atoms with van der Waals surface area (Å²) in [6.07, 6.45) is 11.4. The van der Waals surface area contributed by atoms with E-state index in [1.807, 2.05) is 0 Å². The van der Waals surface area contributed by atoms with Crippen molar-refractivity contribution in [2.45, 2.75) is 24.9 Å². The van der Waals surface area contributed by atoms with Gasteiger partial charge in [0.25, 0.3) is 0 Å². The molecule has 2 aliphatic heterocycles. The molecule has 2 atom stereocenters. The van der Waals surface area contributed by atoms with E-state index in [4.69, 9.17) is 0 Å². The van der Waals surface area contributed by atoms with Gasteiger partial charge in [-0.2, -0.15) is 0 Å². The average molecular weight is 158 g/mol.